The number of hydrogen-bond acceptors (Lipinski definition) is 3. The predicted molar refractivity (Wildman–Crippen MR) is 66.7 cm³/mol. The van der Waals surface area contributed by atoms with E-state index in [-0.39, 0.29) is 6.42 Å². The van der Waals surface area contributed by atoms with Crippen LogP contribution >= 0.6 is 0 Å². The zero-order valence-electron chi connectivity index (χ0n) is 9.96. The van der Waals surface area contributed by atoms with Crippen LogP contribution in [-0.4, -0.2) is 28.9 Å². The van der Waals surface area contributed by atoms with Gasteiger partial charge in [-0.05, 0) is 17.2 Å². The van der Waals surface area contributed by atoms with Crippen LogP contribution in [0.5, 0.6) is 0 Å². The Morgan fingerprint density at radius 1 is 1.33 bits per heavy atom. The number of ether oxygens (including phenoxy) is 1. The normalized spacial score (nSPS) is 23.0. The van der Waals surface area contributed by atoms with Crippen molar-refractivity contribution in [2.24, 2.45) is 0 Å². The van der Waals surface area contributed by atoms with Gasteiger partial charge < -0.3 is 14.9 Å². The van der Waals surface area contributed by atoms with Crippen LogP contribution in [0.25, 0.3) is 5.57 Å². The van der Waals surface area contributed by atoms with Gasteiger partial charge in [-0.1, -0.05) is 30.3 Å². The third-order valence-electron chi connectivity index (χ3n) is 2.91. The molecule has 0 amide bonds. The molecule has 0 spiro atoms. The molecule has 94 valence electrons. The van der Waals surface area contributed by atoms with Crippen molar-refractivity contribution in [1.29, 1.82) is 0 Å². The van der Waals surface area contributed by atoms with Crippen molar-refractivity contribution < 1.29 is 19.7 Å². The van der Waals surface area contributed by atoms with Gasteiger partial charge in [0.1, 0.15) is 5.76 Å². The molecule has 1 unspecified atom stereocenters. The molecule has 0 bridgehead atoms. The van der Waals surface area contributed by atoms with Gasteiger partial charge in [0.05, 0.1) is 7.11 Å². The number of carboxylic acids is 1. The van der Waals surface area contributed by atoms with Crippen LogP contribution in [0, 0.1) is 0 Å². The molecular formula is C14H14O4. The fourth-order valence-electron chi connectivity index (χ4n) is 1.93. The van der Waals surface area contributed by atoms with E-state index in [2.05, 4.69) is 0 Å². The Labute approximate surface area is 105 Å². The van der Waals surface area contributed by atoms with Crippen LogP contribution in [-0.2, 0) is 9.53 Å². The molecule has 4 nitrogen and oxygen atoms in total. The number of carbonyl (C=O) groups is 1. The van der Waals surface area contributed by atoms with Crippen molar-refractivity contribution >= 4 is 11.5 Å². The fourth-order valence-corrected chi connectivity index (χ4v) is 1.93. The monoisotopic (exact) mass is 246 g/mol. The van der Waals surface area contributed by atoms with Crippen molar-refractivity contribution in [2.75, 3.05) is 7.11 Å². The summed E-state index contributed by atoms with van der Waals surface area (Å²) in [6.45, 7) is 0. The van der Waals surface area contributed by atoms with Crippen molar-refractivity contribution in [2.45, 2.75) is 12.0 Å². The van der Waals surface area contributed by atoms with E-state index in [1.165, 1.54) is 13.2 Å². The molecule has 0 aromatic heterocycles. The zero-order chi connectivity index (χ0) is 13.2. The van der Waals surface area contributed by atoms with Crippen molar-refractivity contribution in [3.05, 3.63) is 53.8 Å². The minimum Gasteiger partial charge on any atom is -0.497 e. The minimum absolute atomic E-state index is 0.0270. The van der Waals surface area contributed by atoms with Crippen molar-refractivity contribution in [3.8, 4) is 0 Å². The largest absolute Gasteiger partial charge is 0.497 e. The highest BCUT2D eigenvalue weighted by molar-refractivity contribution is 5.86. The molecule has 0 aliphatic heterocycles. The molecule has 2 N–H and O–H groups in total. The molecule has 18 heavy (non-hydrogen) atoms. The SMILES string of the molecule is COC1=CC(O)(C(=O)O)CC(c2ccccc2)=C1. The third kappa shape index (κ3) is 2.28. The summed E-state index contributed by atoms with van der Waals surface area (Å²) in [5.41, 5.74) is -0.301. The average Bonchev–Trinajstić information content (AvgIpc) is 2.39. The highest BCUT2D eigenvalue weighted by Gasteiger charge is 2.38. The highest BCUT2D eigenvalue weighted by Crippen LogP contribution is 2.33. The first-order chi connectivity index (χ1) is 8.55. The smallest absolute Gasteiger partial charge is 0.340 e. The summed E-state index contributed by atoms with van der Waals surface area (Å²) < 4.78 is 5.05. The number of methoxy groups -OCH3 is 1. The summed E-state index contributed by atoms with van der Waals surface area (Å²) in [7, 11) is 1.44. The van der Waals surface area contributed by atoms with Crippen LogP contribution in [0.4, 0.5) is 0 Å². The number of benzene rings is 1. The van der Waals surface area contributed by atoms with Crippen molar-refractivity contribution in [1.82, 2.24) is 0 Å². The van der Waals surface area contributed by atoms with Gasteiger partial charge in [-0.2, -0.15) is 0 Å². The maximum Gasteiger partial charge on any atom is 0.340 e. The molecule has 1 aromatic carbocycles. The first kappa shape index (κ1) is 12.4. The summed E-state index contributed by atoms with van der Waals surface area (Å²) in [5, 5.41) is 19.2. The summed E-state index contributed by atoms with van der Waals surface area (Å²) in [4.78, 5) is 11.1. The Balaban J connectivity index is 2.42. The molecule has 0 saturated carbocycles. The van der Waals surface area contributed by atoms with Gasteiger partial charge >= 0.3 is 5.97 Å². The molecule has 0 saturated heterocycles. The van der Waals surface area contributed by atoms with E-state index in [9.17, 15) is 9.90 Å². The van der Waals surface area contributed by atoms with Crippen LogP contribution in [0.1, 0.15) is 12.0 Å². The lowest BCUT2D eigenvalue weighted by Crippen LogP contribution is -2.38. The highest BCUT2D eigenvalue weighted by atomic mass is 16.5. The zero-order valence-corrected chi connectivity index (χ0v) is 9.96. The summed E-state index contributed by atoms with van der Waals surface area (Å²) in [6.07, 6.45) is 2.99. The molecule has 1 aliphatic carbocycles. The second-order valence-corrected chi connectivity index (χ2v) is 4.19. The number of carboxylic acid groups (broad SMARTS) is 1. The van der Waals surface area contributed by atoms with Gasteiger partial charge in [-0.15, -0.1) is 0 Å². The second-order valence-electron chi connectivity index (χ2n) is 4.19. The van der Waals surface area contributed by atoms with Crippen LogP contribution in [0.15, 0.2) is 48.2 Å². The lowest BCUT2D eigenvalue weighted by molar-refractivity contribution is -0.153. The minimum atomic E-state index is -1.91. The second kappa shape index (κ2) is 4.66. The molecule has 2 rings (SSSR count). The van der Waals surface area contributed by atoms with E-state index >= 15 is 0 Å². The number of hydrogen-bond donors (Lipinski definition) is 2. The number of aliphatic carboxylic acids is 1. The topological polar surface area (TPSA) is 66.8 Å². The standard InChI is InChI=1S/C14H14O4/c1-18-12-7-11(10-5-3-2-4-6-10)8-14(17,9-12)13(15)16/h2-7,9,17H,8H2,1H3,(H,15,16). The van der Waals surface area contributed by atoms with E-state index < -0.39 is 11.6 Å². The molecule has 0 heterocycles. The first-order valence-corrected chi connectivity index (χ1v) is 5.54. The summed E-state index contributed by atoms with van der Waals surface area (Å²) in [6, 6.07) is 9.34. The lowest BCUT2D eigenvalue weighted by atomic mass is 9.86. The molecule has 0 radical (unpaired) electrons. The number of allylic oxidation sites excluding steroid dienone is 1. The maximum atomic E-state index is 11.1. The maximum absolute atomic E-state index is 11.1. The number of aliphatic hydroxyl groups is 1. The molecule has 0 fully saturated rings. The Morgan fingerprint density at radius 3 is 2.56 bits per heavy atom. The van der Waals surface area contributed by atoms with E-state index in [4.69, 9.17) is 9.84 Å². The average molecular weight is 246 g/mol. The molecule has 1 aliphatic rings. The van der Waals surface area contributed by atoms with Gasteiger partial charge in [-0.3, -0.25) is 0 Å². The predicted octanol–water partition coefficient (Wildman–Crippen LogP) is 1.82. The Bertz CT molecular complexity index is 516. The van der Waals surface area contributed by atoms with Crippen molar-refractivity contribution in [3.63, 3.8) is 0 Å². The number of rotatable bonds is 3. The Hall–Kier alpha value is -2.07. The van der Waals surface area contributed by atoms with E-state index in [1.807, 2.05) is 30.3 Å². The van der Waals surface area contributed by atoms with Gasteiger partial charge in [0.25, 0.3) is 0 Å². The summed E-state index contributed by atoms with van der Waals surface area (Å²) in [5.74, 6) is -0.927. The molecule has 4 heteroatoms. The van der Waals surface area contributed by atoms with E-state index in [1.54, 1.807) is 6.08 Å². The first-order valence-electron chi connectivity index (χ1n) is 5.54. The van der Waals surface area contributed by atoms with Crippen LogP contribution in [0.2, 0.25) is 0 Å². The van der Waals surface area contributed by atoms with E-state index in [0.29, 0.717) is 5.76 Å². The van der Waals surface area contributed by atoms with Gasteiger partial charge in [0, 0.05) is 12.5 Å². The van der Waals surface area contributed by atoms with E-state index in [0.717, 1.165) is 11.1 Å². The van der Waals surface area contributed by atoms with Gasteiger partial charge in [0.2, 0.25) is 0 Å². The van der Waals surface area contributed by atoms with Crippen LogP contribution in [0.3, 0.4) is 0 Å². The van der Waals surface area contributed by atoms with Gasteiger partial charge in [0.15, 0.2) is 5.60 Å². The molecular weight excluding hydrogens is 232 g/mol. The van der Waals surface area contributed by atoms with Gasteiger partial charge in [-0.25, -0.2) is 4.79 Å². The Kier molecular flexibility index (Phi) is 3.21. The Morgan fingerprint density at radius 2 is 2.00 bits per heavy atom. The quantitative estimate of drug-likeness (QED) is 0.853. The van der Waals surface area contributed by atoms with Crippen LogP contribution < -0.4 is 0 Å². The lowest BCUT2D eigenvalue weighted by Gasteiger charge is -2.26. The summed E-state index contributed by atoms with van der Waals surface area (Å²) >= 11 is 0. The third-order valence-corrected chi connectivity index (χ3v) is 2.91. The molecule has 1 aromatic rings. The molecule has 1 atom stereocenters. The fraction of sp³-hybridized carbons (Fsp3) is 0.214.